The minimum absolute atomic E-state index is 0.0698. The first-order valence-corrected chi connectivity index (χ1v) is 12.8. The van der Waals surface area contributed by atoms with E-state index in [9.17, 15) is 13.2 Å². The Morgan fingerprint density at radius 2 is 1.59 bits per heavy atom. The van der Waals surface area contributed by atoms with E-state index < -0.39 is 10.0 Å². The number of sulfonamides is 1. The molecule has 5 rings (SSSR count). The molecule has 2 aliphatic heterocycles. The zero-order valence-electron chi connectivity index (χ0n) is 19.0. The lowest BCUT2D eigenvalue weighted by Crippen LogP contribution is -2.33. The molecule has 0 bridgehead atoms. The SMILES string of the molecule is Cc1ccc(S(=O)(=O)N(/C=C2\CN3C(=O)CCN3C2c2ccccc2)Cc2ccccc2)cc1. The maximum atomic E-state index is 13.8. The Bertz CT molecular complexity index is 1310. The number of benzene rings is 3. The van der Waals surface area contributed by atoms with E-state index in [4.69, 9.17) is 0 Å². The lowest BCUT2D eigenvalue weighted by atomic mass is 10.00. The van der Waals surface area contributed by atoms with Crippen molar-refractivity contribution in [3.05, 3.63) is 113 Å². The van der Waals surface area contributed by atoms with Crippen molar-refractivity contribution in [3.63, 3.8) is 0 Å². The molecule has 2 heterocycles. The number of nitrogens with zero attached hydrogens (tertiary/aromatic N) is 3. The van der Waals surface area contributed by atoms with Crippen molar-refractivity contribution in [2.75, 3.05) is 13.1 Å². The smallest absolute Gasteiger partial charge is 0.264 e. The van der Waals surface area contributed by atoms with Crippen molar-refractivity contribution >= 4 is 15.9 Å². The average Bonchev–Trinajstić information content (AvgIpc) is 3.39. The fourth-order valence-electron chi connectivity index (χ4n) is 4.63. The number of amides is 1. The molecule has 0 aliphatic carbocycles. The van der Waals surface area contributed by atoms with E-state index in [2.05, 4.69) is 5.01 Å². The highest BCUT2D eigenvalue weighted by atomic mass is 32.2. The van der Waals surface area contributed by atoms with Crippen molar-refractivity contribution < 1.29 is 13.2 Å². The van der Waals surface area contributed by atoms with Crippen molar-refractivity contribution in [1.82, 2.24) is 14.3 Å². The first-order valence-electron chi connectivity index (χ1n) is 11.4. The van der Waals surface area contributed by atoms with Gasteiger partial charge in [-0.1, -0.05) is 78.4 Å². The van der Waals surface area contributed by atoms with Crippen LogP contribution in [0.1, 0.15) is 29.2 Å². The van der Waals surface area contributed by atoms with Crippen LogP contribution in [0.3, 0.4) is 0 Å². The Hall–Kier alpha value is -3.42. The summed E-state index contributed by atoms with van der Waals surface area (Å²) in [6.07, 6.45) is 2.22. The monoisotopic (exact) mass is 473 g/mol. The van der Waals surface area contributed by atoms with Gasteiger partial charge in [-0.2, -0.15) is 0 Å². The predicted molar refractivity (Wildman–Crippen MR) is 131 cm³/mol. The van der Waals surface area contributed by atoms with E-state index in [1.807, 2.05) is 79.7 Å². The van der Waals surface area contributed by atoms with Crippen molar-refractivity contribution in [1.29, 1.82) is 0 Å². The van der Waals surface area contributed by atoms with Gasteiger partial charge in [0, 0.05) is 19.2 Å². The van der Waals surface area contributed by atoms with Gasteiger partial charge >= 0.3 is 0 Å². The van der Waals surface area contributed by atoms with Crippen molar-refractivity contribution in [3.8, 4) is 0 Å². The Labute approximate surface area is 200 Å². The van der Waals surface area contributed by atoms with Crippen LogP contribution in [0.2, 0.25) is 0 Å². The molecule has 2 aliphatic rings. The third kappa shape index (κ3) is 4.24. The first kappa shape index (κ1) is 22.4. The van der Waals surface area contributed by atoms with Gasteiger partial charge < -0.3 is 0 Å². The highest BCUT2D eigenvalue weighted by Crippen LogP contribution is 2.40. The van der Waals surface area contributed by atoms with Crippen LogP contribution in [-0.4, -0.2) is 41.7 Å². The molecule has 174 valence electrons. The molecular formula is C27H27N3O3S. The minimum Gasteiger partial charge on any atom is -0.273 e. The van der Waals surface area contributed by atoms with Gasteiger partial charge in [0.1, 0.15) is 0 Å². The van der Waals surface area contributed by atoms with E-state index in [0.29, 0.717) is 19.5 Å². The Morgan fingerprint density at radius 1 is 0.941 bits per heavy atom. The zero-order chi connectivity index (χ0) is 23.7. The van der Waals surface area contributed by atoms with Crippen LogP contribution < -0.4 is 0 Å². The normalized spacial score (nSPS) is 19.6. The fourth-order valence-corrected chi connectivity index (χ4v) is 5.97. The summed E-state index contributed by atoms with van der Waals surface area (Å²) in [6.45, 7) is 3.14. The van der Waals surface area contributed by atoms with Crippen LogP contribution in [-0.2, 0) is 21.4 Å². The van der Waals surface area contributed by atoms with Gasteiger partial charge in [0.15, 0.2) is 0 Å². The molecule has 34 heavy (non-hydrogen) atoms. The summed E-state index contributed by atoms with van der Waals surface area (Å²) in [5.41, 5.74) is 3.81. The van der Waals surface area contributed by atoms with Gasteiger partial charge in [-0.15, -0.1) is 0 Å². The van der Waals surface area contributed by atoms with Crippen LogP contribution in [0.25, 0.3) is 0 Å². The van der Waals surface area contributed by atoms with Gasteiger partial charge in [0.05, 0.1) is 24.0 Å². The topological polar surface area (TPSA) is 60.9 Å². The first-order chi connectivity index (χ1) is 16.4. The molecule has 1 atom stereocenters. The summed E-state index contributed by atoms with van der Waals surface area (Å²) < 4.78 is 29.0. The number of aryl methyl sites for hydroxylation is 1. The van der Waals surface area contributed by atoms with Crippen LogP contribution in [0.5, 0.6) is 0 Å². The summed E-state index contributed by atoms with van der Waals surface area (Å²) in [5.74, 6) is 0.0698. The maximum absolute atomic E-state index is 13.8. The fraction of sp³-hybridized carbons (Fsp3) is 0.222. The number of rotatable bonds is 6. The van der Waals surface area contributed by atoms with Crippen LogP contribution in [0.15, 0.2) is 102 Å². The van der Waals surface area contributed by atoms with Crippen LogP contribution in [0, 0.1) is 6.92 Å². The summed E-state index contributed by atoms with van der Waals surface area (Å²) in [7, 11) is -3.81. The van der Waals surface area contributed by atoms with Gasteiger partial charge in [-0.05, 0) is 35.8 Å². The number of hydrazine groups is 1. The highest BCUT2D eigenvalue weighted by Gasteiger charge is 2.43. The third-order valence-electron chi connectivity index (χ3n) is 6.37. The molecule has 3 aromatic rings. The molecule has 1 amide bonds. The standard InChI is InChI=1S/C27H27N3O3S/c1-21-12-14-25(15-13-21)34(32,33)28(18-22-8-4-2-5-9-22)19-24-20-30-26(31)16-17-29(30)27(24)23-10-6-3-7-11-23/h2-15,19,27H,16-18,20H2,1H3/b24-19+. The summed E-state index contributed by atoms with van der Waals surface area (Å²) in [6, 6.07) is 26.3. The van der Waals surface area contributed by atoms with Gasteiger partial charge in [0.2, 0.25) is 5.91 Å². The van der Waals surface area contributed by atoms with E-state index in [-0.39, 0.29) is 23.4 Å². The summed E-state index contributed by atoms with van der Waals surface area (Å²) >= 11 is 0. The summed E-state index contributed by atoms with van der Waals surface area (Å²) in [4.78, 5) is 12.8. The second kappa shape index (κ2) is 9.08. The molecule has 3 aromatic carbocycles. The molecule has 6 nitrogen and oxygen atoms in total. The molecule has 2 fully saturated rings. The van der Waals surface area contributed by atoms with E-state index in [0.717, 1.165) is 22.3 Å². The molecule has 1 unspecified atom stereocenters. The number of carbonyl (C=O) groups is 1. The number of hydrogen-bond acceptors (Lipinski definition) is 4. The number of fused-ring (bicyclic) bond motifs is 1. The third-order valence-corrected chi connectivity index (χ3v) is 8.09. The minimum atomic E-state index is -3.81. The van der Waals surface area contributed by atoms with Crippen molar-refractivity contribution in [2.24, 2.45) is 0 Å². The highest BCUT2D eigenvalue weighted by molar-refractivity contribution is 7.89. The lowest BCUT2D eigenvalue weighted by Gasteiger charge is -2.26. The zero-order valence-corrected chi connectivity index (χ0v) is 19.9. The van der Waals surface area contributed by atoms with Gasteiger partial charge in [0.25, 0.3) is 10.0 Å². The predicted octanol–water partition coefficient (Wildman–Crippen LogP) is 4.27. The average molecular weight is 474 g/mol. The lowest BCUT2D eigenvalue weighted by molar-refractivity contribution is -0.135. The second-order valence-electron chi connectivity index (χ2n) is 8.73. The Morgan fingerprint density at radius 3 is 2.26 bits per heavy atom. The molecule has 7 heteroatoms. The molecule has 0 N–H and O–H groups in total. The van der Waals surface area contributed by atoms with Crippen molar-refractivity contribution in [2.45, 2.75) is 30.8 Å². The molecule has 0 saturated carbocycles. The quantitative estimate of drug-likeness (QED) is 0.536. The number of carbonyl (C=O) groups excluding carboxylic acids is 1. The second-order valence-corrected chi connectivity index (χ2v) is 10.6. The Balaban J connectivity index is 1.59. The largest absolute Gasteiger partial charge is 0.273 e. The summed E-state index contributed by atoms with van der Waals surface area (Å²) in [5, 5.41) is 3.81. The number of hydrogen-bond donors (Lipinski definition) is 0. The molecular weight excluding hydrogens is 446 g/mol. The molecule has 2 saturated heterocycles. The van der Waals surface area contributed by atoms with E-state index >= 15 is 0 Å². The maximum Gasteiger partial charge on any atom is 0.264 e. The van der Waals surface area contributed by atoms with E-state index in [1.165, 1.54) is 4.31 Å². The molecule has 0 radical (unpaired) electrons. The van der Waals surface area contributed by atoms with Gasteiger partial charge in [-0.25, -0.2) is 13.4 Å². The van der Waals surface area contributed by atoms with Gasteiger partial charge in [-0.3, -0.25) is 14.1 Å². The molecule has 0 spiro atoms. The molecule has 0 aromatic heterocycles. The Kier molecular flexibility index (Phi) is 5.98. The van der Waals surface area contributed by atoms with Crippen LogP contribution >= 0.6 is 0 Å². The van der Waals surface area contributed by atoms with Crippen LogP contribution in [0.4, 0.5) is 0 Å². The van der Waals surface area contributed by atoms with E-state index in [1.54, 1.807) is 23.3 Å².